The van der Waals surface area contributed by atoms with E-state index in [1.165, 1.54) is 25.7 Å². The van der Waals surface area contributed by atoms with Crippen molar-refractivity contribution in [2.24, 2.45) is 5.92 Å². The van der Waals surface area contributed by atoms with Crippen molar-refractivity contribution in [1.82, 2.24) is 10.2 Å². The zero-order chi connectivity index (χ0) is 13.4. The Morgan fingerprint density at radius 1 is 1.39 bits per heavy atom. The highest BCUT2D eigenvalue weighted by Crippen LogP contribution is 2.21. The van der Waals surface area contributed by atoms with E-state index < -0.39 is 0 Å². The summed E-state index contributed by atoms with van der Waals surface area (Å²) in [6.07, 6.45) is 7.86. The van der Waals surface area contributed by atoms with Crippen LogP contribution < -0.4 is 5.32 Å². The predicted octanol–water partition coefficient (Wildman–Crippen LogP) is 2.80. The highest BCUT2D eigenvalue weighted by atomic mass is 16.2. The highest BCUT2D eigenvalue weighted by molar-refractivity contribution is 5.76. The molecule has 0 aromatic carbocycles. The summed E-state index contributed by atoms with van der Waals surface area (Å²) in [5.41, 5.74) is 0. The molecule has 0 aromatic heterocycles. The first-order valence-corrected chi connectivity index (χ1v) is 7.62. The Balaban J connectivity index is 2.22. The minimum Gasteiger partial charge on any atom is -0.343 e. The van der Waals surface area contributed by atoms with Crippen LogP contribution in [0.4, 0.5) is 0 Å². The molecule has 0 radical (unpaired) electrons. The third kappa shape index (κ3) is 5.38. The fourth-order valence-corrected chi connectivity index (χ4v) is 2.64. The Kier molecular flexibility index (Phi) is 7.33. The monoisotopic (exact) mass is 254 g/mol. The Bertz CT molecular complexity index is 243. The molecule has 3 nitrogen and oxygen atoms in total. The second-order valence-corrected chi connectivity index (χ2v) is 5.67. The van der Waals surface area contributed by atoms with E-state index in [1.54, 1.807) is 0 Å². The summed E-state index contributed by atoms with van der Waals surface area (Å²) in [6.45, 7) is 6.40. The molecule has 3 heteroatoms. The van der Waals surface area contributed by atoms with Gasteiger partial charge in [0.1, 0.15) is 0 Å². The van der Waals surface area contributed by atoms with Crippen LogP contribution in [0.25, 0.3) is 0 Å². The summed E-state index contributed by atoms with van der Waals surface area (Å²) < 4.78 is 0. The first-order chi connectivity index (χ1) is 8.67. The maximum Gasteiger partial charge on any atom is 0.222 e. The van der Waals surface area contributed by atoms with Crippen molar-refractivity contribution in [3.05, 3.63) is 0 Å². The lowest BCUT2D eigenvalue weighted by Gasteiger charge is -2.21. The van der Waals surface area contributed by atoms with Gasteiger partial charge in [-0.3, -0.25) is 4.79 Å². The molecule has 1 heterocycles. The summed E-state index contributed by atoms with van der Waals surface area (Å²) in [7, 11) is 2.01. The summed E-state index contributed by atoms with van der Waals surface area (Å²) in [5.74, 6) is 1.15. The van der Waals surface area contributed by atoms with Crippen LogP contribution in [0.1, 0.15) is 58.8 Å². The molecule has 1 saturated heterocycles. The molecule has 0 saturated carbocycles. The number of nitrogens with one attached hydrogen (secondary N) is 1. The molecule has 0 aromatic rings. The van der Waals surface area contributed by atoms with Crippen LogP contribution in [0.3, 0.4) is 0 Å². The number of rotatable bonds is 7. The van der Waals surface area contributed by atoms with Crippen LogP contribution in [0.5, 0.6) is 0 Å². The summed E-state index contributed by atoms with van der Waals surface area (Å²) >= 11 is 0. The molecule has 0 spiro atoms. The van der Waals surface area contributed by atoms with Gasteiger partial charge in [-0.25, -0.2) is 0 Å². The average molecular weight is 254 g/mol. The summed E-state index contributed by atoms with van der Waals surface area (Å²) in [6, 6.07) is 0.592. The Morgan fingerprint density at radius 3 is 2.83 bits per heavy atom. The lowest BCUT2D eigenvalue weighted by molar-refractivity contribution is -0.130. The molecule has 1 aliphatic heterocycles. The van der Waals surface area contributed by atoms with Crippen molar-refractivity contribution in [3.63, 3.8) is 0 Å². The van der Waals surface area contributed by atoms with E-state index in [-0.39, 0.29) is 0 Å². The smallest absolute Gasteiger partial charge is 0.222 e. The largest absolute Gasteiger partial charge is 0.343 e. The topological polar surface area (TPSA) is 32.3 Å². The lowest BCUT2D eigenvalue weighted by Crippen LogP contribution is -2.31. The van der Waals surface area contributed by atoms with Gasteiger partial charge in [0.25, 0.3) is 0 Å². The van der Waals surface area contributed by atoms with Gasteiger partial charge in [0.2, 0.25) is 5.91 Å². The minimum absolute atomic E-state index is 0.382. The third-order valence-corrected chi connectivity index (χ3v) is 4.31. The second-order valence-electron chi connectivity index (χ2n) is 5.67. The van der Waals surface area contributed by atoms with Crippen LogP contribution in [0.2, 0.25) is 0 Å². The zero-order valence-corrected chi connectivity index (χ0v) is 12.4. The molecule has 1 N–H and O–H groups in total. The SMILES string of the molecule is CCC1CCC(=O)N(CCCCC(C)NC)CC1. The van der Waals surface area contributed by atoms with E-state index in [0.717, 1.165) is 38.3 Å². The van der Waals surface area contributed by atoms with Crippen molar-refractivity contribution < 1.29 is 4.79 Å². The standard InChI is InChI=1S/C15H30N2O/c1-4-14-8-9-15(18)17(12-10-14)11-6-5-7-13(2)16-3/h13-14,16H,4-12H2,1-3H3. The number of amides is 1. The van der Waals surface area contributed by atoms with E-state index in [9.17, 15) is 4.79 Å². The molecule has 1 fully saturated rings. The van der Waals surface area contributed by atoms with E-state index in [1.807, 2.05) is 7.05 Å². The molecule has 0 bridgehead atoms. The van der Waals surface area contributed by atoms with Gasteiger partial charge in [0, 0.05) is 25.6 Å². The van der Waals surface area contributed by atoms with Gasteiger partial charge in [-0.05, 0) is 45.6 Å². The minimum atomic E-state index is 0.382. The van der Waals surface area contributed by atoms with Gasteiger partial charge >= 0.3 is 0 Å². The number of hydrogen-bond donors (Lipinski definition) is 1. The normalized spacial score (nSPS) is 22.9. The van der Waals surface area contributed by atoms with Crippen LogP contribution in [0.15, 0.2) is 0 Å². The van der Waals surface area contributed by atoms with Crippen molar-refractivity contribution >= 4 is 5.91 Å². The molecule has 106 valence electrons. The number of likely N-dealkylation sites (tertiary alicyclic amines) is 1. The fraction of sp³-hybridized carbons (Fsp3) is 0.933. The van der Waals surface area contributed by atoms with Crippen LogP contribution in [-0.2, 0) is 4.79 Å². The molecule has 0 aliphatic carbocycles. The van der Waals surface area contributed by atoms with Gasteiger partial charge in [0.05, 0.1) is 0 Å². The maximum atomic E-state index is 12.0. The molecular weight excluding hydrogens is 224 g/mol. The van der Waals surface area contributed by atoms with Crippen LogP contribution in [0, 0.1) is 5.92 Å². The number of carbonyl (C=O) groups is 1. The van der Waals surface area contributed by atoms with Crippen molar-refractivity contribution in [2.45, 2.75) is 64.8 Å². The molecule has 1 rings (SSSR count). The Hall–Kier alpha value is -0.570. The first kappa shape index (κ1) is 15.5. The molecule has 1 aliphatic rings. The number of unbranched alkanes of at least 4 members (excludes halogenated alkanes) is 1. The van der Waals surface area contributed by atoms with E-state index >= 15 is 0 Å². The van der Waals surface area contributed by atoms with Crippen LogP contribution in [-0.4, -0.2) is 37.0 Å². The molecule has 2 atom stereocenters. The molecule has 2 unspecified atom stereocenters. The van der Waals surface area contributed by atoms with E-state index in [4.69, 9.17) is 0 Å². The summed E-state index contributed by atoms with van der Waals surface area (Å²) in [5, 5.41) is 3.26. The van der Waals surface area contributed by atoms with Gasteiger partial charge in [-0.1, -0.05) is 19.8 Å². The highest BCUT2D eigenvalue weighted by Gasteiger charge is 2.20. The van der Waals surface area contributed by atoms with Crippen molar-refractivity contribution in [1.29, 1.82) is 0 Å². The average Bonchev–Trinajstić information content (AvgIpc) is 2.56. The fourth-order valence-electron chi connectivity index (χ4n) is 2.64. The van der Waals surface area contributed by atoms with E-state index in [0.29, 0.717) is 11.9 Å². The van der Waals surface area contributed by atoms with E-state index in [2.05, 4.69) is 24.1 Å². The second kappa shape index (κ2) is 8.52. The molecule has 1 amide bonds. The maximum absolute atomic E-state index is 12.0. The van der Waals surface area contributed by atoms with Gasteiger partial charge in [-0.15, -0.1) is 0 Å². The van der Waals surface area contributed by atoms with Crippen LogP contribution >= 0.6 is 0 Å². The Morgan fingerprint density at radius 2 is 2.17 bits per heavy atom. The molecular formula is C15H30N2O. The zero-order valence-electron chi connectivity index (χ0n) is 12.4. The predicted molar refractivity (Wildman–Crippen MR) is 76.6 cm³/mol. The number of hydrogen-bond acceptors (Lipinski definition) is 2. The summed E-state index contributed by atoms with van der Waals surface area (Å²) in [4.78, 5) is 14.1. The first-order valence-electron chi connectivity index (χ1n) is 7.62. The third-order valence-electron chi connectivity index (χ3n) is 4.31. The van der Waals surface area contributed by atoms with Gasteiger partial charge in [-0.2, -0.15) is 0 Å². The van der Waals surface area contributed by atoms with Gasteiger partial charge < -0.3 is 10.2 Å². The van der Waals surface area contributed by atoms with Gasteiger partial charge in [0.15, 0.2) is 0 Å². The molecule has 18 heavy (non-hydrogen) atoms. The quantitative estimate of drug-likeness (QED) is 0.709. The van der Waals surface area contributed by atoms with Crippen molar-refractivity contribution in [2.75, 3.05) is 20.1 Å². The van der Waals surface area contributed by atoms with Crippen molar-refractivity contribution in [3.8, 4) is 0 Å². The lowest BCUT2D eigenvalue weighted by atomic mass is 9.98. The number of carbonyl (C=O) groups excluding carboxylic acids is 1. The Labute approximate surface area is 112 Å². The number of nitrogens with zero attached hydrogens (tertiary/aromatic N) is 1.